The van der Waals surface area contributed by atoms with E-state index < -0.39 is 9.84 Å². The molecule has 0 saturated heterocycles. The maximum absolute atomic E-state index is 11.5. The number of hydrogen-bond acceptors (Lipinski definition) is 4. The molecule has 6 nitrogen and oxygen atoms in total. The van der Waals surface area contributed by atoms with E-state index >= 15 is 0 Å². The molecule has 1 rings (SSSR count). The van der Waals surface area contributed by atoms with Gasteiger partial charge in [0.1, 0.15) is 16.2 Å². The van der Waals surface area contributed by atoms with E-state index in [4.69, 9.17) is 0 Å². The van der Waals surface area contributed by atoms with Crippen molar-refractivity contribution in [2.24, 2.45) is 0 Å². The van der Waals surface area contributed by atoms with Gasteiger partial charge in [0, 0.05) is 19.0 Å². The Labute approximate surface area is 87.8 Å². The zero-order chi connectivity index (χ0) is 11.5. The SMILES string of the molecule is C/C=C/n1ncn(CCS(C)(=O)=O)c1=O. The highest BCUT2D eigenvalue weighted by Gasteiger charge is 2.06. The van der Waals surface area contributed by atoms with Crippen molar-refractivity contribution in [1.29, 1.82) is 0 Å². The number of aromatic nitrogens is 3. The topological polar surface area (TPSA) is 74.0 Å². The molecule has 1 aromatic heterocycles. The van der Waals surface area contributed by atoms with Gasteiger partial charge in [-0.2, -0.15) is 9.78 Å². The van der Waals surface area contributed by atoms with Gasteiger partial charge in [-0.3, -0.25) is 4.57 Å². The Bertz CT molecular complexity index is 509. The van der Waals surface area contributed by atoms with E-state index in [0.717, 1.165) is 10.9 Å². The standard InChI is InChI=1S/C8H13N3O3S/c1-3-4-11-8(12)10(7-9-11)5-6-15(2,13)14/h3-4,7H,5-6H2,1-2H3/b4-3+. The number of aryl methyl sites for hydroxylation is 1. The fraction of sp³-hybridized carbons (Fsp3) is 0.500. The van der Waals surface area contributed by atoms with E-state index in [1.54, 1.807) is 13.0 Å². The first-order valence-electron chi connectivity index (χ1n) is 4.38. The molecule has 7 heteroatoms. The summed E-state index contributed by atoms with van der Waals surface area (Å²) in [5, 5.41) is 3.79. The van der Waals surface area contributed by atoms with Crippen LogP contribution in [0, 0.1) is 0 Å². The first-order valence-corrected chi connectivity index (χ1v) is 6.44. The highest BCUT2D eigenvalue weighted by Crippen LogP contribution is 1.87. The third-order valence-electron chi connectivity index (χ3n) is 1.75. The van der Waals surface area contributed by atoms with Crippen molar-refractivity contribution in [3.8, 4) is 0 Å². The molecule has 0 unspecified atom stereocenters. The van der Waals surface area contributed by atoms with Gasteiger partial charge in [-0.1, -0.05) is 6.08 Å². The van der Waals surface area contributed by atoms with Crippen LogP contribution in [0.15, 0.2) is 17.2 Å². The summed E-state index contributed by atoms with van der Waals surface area (Å²) in [7, 11) is -3.06. The van der Waals surface area contributed by atoms with Crippen LogP contribution in [0.4, 0.5) is 0 Å². The summed E-state index contributed by atoms with van der Waals surface area (Å²) in [6, 6.07) is 0. The summed E-state index contributed by atoms with van der Waals surface area (Å²) in [6.07, 6.45) is 5.65. The minimum atomic E-state index is -3.06. The molecular formula is C8H13N3O3S. The molecule has 0 atom stereocenters. The van der Waals surface area contributed by atoms with E-state index in [0.29, 0.717) is 0 Å². The van der Waals surface area contributed by atoms with Crippen molar-refractivity contribution >= 4 is 16.0 Å². The van der Waals surface area contributed by atoms with E-state index in [1.807, 2.05) is 0 Å². The maximum atomic E-state index is 11.5. The molecule has 0 radical (unpaired) electrons. The van der Waals surface area contributed by atoms with Crippen molar-refractivity contribution in [1.82, 2.24) is 14.3 Å². The molecule has 0 amide bonds. The molecule has 15 heavy (non-hydrogen) atoms. The predicted molar refractivity (Wildman–Crippen MR) is 57.2 cm³/mol. The fourth-order valence-electron chi connectivity index (χ4n) is 1.01. The van der Waals surface area contributed by atoms with Crippen LogP contribution in [0.25, 0.3) is 6.20 Å². The Morgan fingerprint density at radius 1 is 1.53 bits per heavy atom. The largest absolute Gasteiger partial charge is 0.349 e. The lowest BCUT2D eigenvalue weighted by Crippen LogP contribution is -2.24. The van der Waals surface area contributed by atoms with Crippen molar-refractivity contribution in [2.75, 3.05) is 12.0 Å². The number of nitrogens with zero attached hydrogens (tertiary/aromatic N) is 3. The van der Waals surface area contributed by atoms with Crippen molar-refractivity contribution in [3.05, 3.63) is 22.9 Å². The van der Waals surface area contributed by atoms with Crippen LogP contribution in [0.5, 0.6) is 0 Å². The van der Waals surface area contributed by atoms with Crippen LogP contribution in [0.2, 0.25) is 0 Å². The van der Waals surface area contributed by atoms with Gasteiger partial charge in [0.2, 0.25) is 0 Å². The lowest BCUT2D eigenvalue weighted by molar-refractivity contribution is 0.592. The van der Waals surface area contributed by atoms with Gasteiger partial charge in [-0.05, 0) is 6.92 Å². The van der Waals surface area contributed by atoms with Crippen LogP contribution in [-0.4, -0.2) is 34.8 Å². The maximum Gasteiger partial charge on any atom is 0.349 e. The molecule has 84 valence electrons. The van der Waals surface area contributed by atoms with Gasteiger partial charge < -0.3 is 0 Å². The van der Waals surface area contributed by atoms with Crippen LogP contribution < -0.4 is 5.69 Å². The Morgan fingerprint density at radius 3 is 2.73 bits per heavy atom. The minimum absolute atomic E-state index is 0.0611. The molecule has 1 heterocycles. The molecule has 0 aliphatic rings. The van der Waals surface area contributed by atoms with Gasteiger partial charge in [0.15, 0.2) is 0 Å². The van der Waals surface area contributed by atoms with E-state index in [-0.39, 0.29) is 18.0 Å². The molecule has 0 aliphatic carbocycles. The van der Waals surface area contributed by atoms with Crippen LogP contribution in [0.1, 0.15) is 6.92 Å². The normalized spacial score (nSPS) is 12.4. The highest BCUT2D eigenvalue weighted by atomic mass is 32.2. The summed E-state index contributed by atoms with van der Waals surface area (Å²) in [6.45, 7) is 1.90. The van der Waals surface area contributed by atoms with E-state index in [1.165, 1.54) is 17.1 Å². The molecule has 0 aromatic carbocycles. The van der Waals surface area contributed by atoms with Gasteiger partial charge >= 0.3 is 5.69 Å². The molecule has 0 bridgehead atoms. The Hall–Kier alpha value is -1.37. The molecule has 0 spiro atoms. The predicted octanol–water partition coefficient (Wildman–Crippen LogP) is -0.420. The average molecular weight is 231 g/mol. The summed E-state index contributed by atoms with van der Waals surface area (Å²) in [5.74, 6) is -0.0611. The average Bonchev–Trinajstić information content (AvgIpc) is 2.45. The summed E-state index contributed by atoms with van der Waals surface area (Å²) < 4.78 is 24.2. The Kier molecular flexibility index (Phi) is 3.46. The molecular weight excluding hydrogens is 218 g/mol. The first-order chi connectivity index (χ1) is 6.94. The van der Waals surface area contributed by atoms with Crippen molar-refractivity contribution in [2.45, 2.75) is 13.5 Å². The smallest absolute Gasteiger partial charge is 0.280 e. The number of hydrogen-bond donors (Lipinski definition) is 0. The number of rotatable bonds is 4. The summed E-state index contributed by atoms with van der Waals surface area (Å²) in [4.78, 5) is 11.5. The Balaban J connectivity index is 2.85. The second-order valence-electron chi connectivity index (χ2n) is 3.16. The molecule has 1 aromatic rings. The molecule has 0 saturated carbocycles. The minimum Gasteiger partial charge on any atom is -0.280 e. The Morgan fingerprint density at radius 2 is 2.20 bits per heavy atom. The van der Waals surface area contributed by atoms with Gasteiger partial charge in [-0.15, -0.1) is 0 Å². The summed E-state index contributed by atoms with van der Waals surface area (Å²) >= 11 is 0. The van der Waals surface area contributed by atoms with Crippen LogP contribution in [-0.2, 0) is 16.4 Å². The van der Waals surface area contributed by atoms with Gasteiger partial charge in [0.25, 0.3) is 0 Å². The zero-order valence-electron chi connectivity index (χ0n) is 8.62. The van der Waals surface area contributed by atoms with Crippen molar-refractivity contribution in [3.63, 3.8) is 0 Å². The zero-order valence-corrected chi connectivity index (χ0v) is 9.44. The summed E-state index contributed by atoms with van der Waals surface area (Å²) in [5.41, 5.74) is -0.336. The second kappa shape index (κ2) is 4.43. The van der Waals surface area contributed by atoms with Gasteiger partial charge in [0.05, 0.1) is 5.75 Å². The molecule has 0 aliphatic heterocycles. The van der Waals surface area contributed by atoms with E-state index in [9.17, 15) is 13.2 Å². The van der Waals surface area contributed by atoms with Crippen LogP contribution >= 0.6 is 0 Å². The fourth-order valence-corrected chi connectivity index (χ4v) is 1.54. The number of sulfone groups is 1. The van der Waals surface area contributed by atoms with Gasteiger partial charge in [-0.25, -0.2) is 13.2 Å². The number of allylic oxidation sites excluding steroid dienone is 1. The third-order valence-corrected chi connectivity index (χ3v) is 2.67. The molecule has 0 N–H and O–H groups in total. The second-order valence-corrected chi connectivity index (χ2v) is 5.42. The quantitative estimate of drug-likeness (QED) is 0.705. The third kappa shape index (κ3) is 3.35. The monoisotopic (exact) mass is 231 g/mol. The molecule has 0 fully saturated rings. The van der Waals surface area contributed by atoms with Crippen molar-refractivity contribution < 1.29 is 8.42 Å². The first kappa shape index (κ1) is 11.7. The lowest BCUT2D eigenvalue weighted by Gasteiger charge is -1.97. The van der Waals surface area contributed by atoms with Crippen LogP contribution in [0.3, 0.4) is 0 Å². The lowest BCUT2D eigenvalue weighted by atomic mass is 10.7. The van der Waals surface area contributed by atoms with E-state index in [2.05, 4.69) is 5.10 Å². The highest BCUT2D eigenvalue weighted by molar-refractivity contribution is 7.90.